The lowest BCUT2D eigenvalue weighted by atomic mass is 9.78. The Kier molecular flexibility index (Phi) is 9.01. The Morgan fingerprint density at radius 3 is 2.58 bits per heavy atom. The lowest BCUT2D eigenvalue weighted by Gasteiger charge is -2.44. The van der Waals surface area contributed by atoms with E-state index in [1.807, 2.05) is 39.0 Å². The molecule has 0 radical (unpaired) electrons. The molecule has 2 aliphatic heterocycles. The van der Waals surface area contributed by atoms with Gasteiger partial charge in [-0.1, -0.05) is 25.2 Å². The first-order valence-electron chi connectivity index (χ1n) is 11.2. The summed E-state index contributed by atoms with van der Waals surface area (Å²) in [6.07, 6.45) is 9.43. The molecule has 2 heterocycles. The number of ether oxygens (including phenoxy) is 2. The number of Topliss-reactive ketones (excluding diaryl/α,β-unsaturated/α-hetero) is 1. The quantitative estimate of drug-likeness (QED) is 0.463. The smallest absolute Gasteiger partial charge is 0.326 e. The third-order valence-electron chi connectivity index (χ3n) is 6.79. The molecule has 1 amide bonds. The second-order valence-corrected chi connectivity index (χ2v) is 8.90. The molecule has 2 aliphatic rings. The van der Waals surface area contributed by atoms with Crippen LogP contribution in [0.1, 0.15) is 66.2 Å². The van der Waals surface area contributed by atoms with Crippen LogP contribution in [-0.4, -0.2) is 65.2 Å². The fourth-order valence-electron chi connectivity index (χ4n) is 4.51. The van der Waals surface area contributed by atoms with Crippen LogP contribution in [-0.2, 0) is 23.9 Å². The molecule has 2 saturated heterocycles. The molecule has 2 rings (SSSR count). The van der Waals surface area contributed by atoms with Crippen molar-refractivity contribution in [3.63, 3.8) is 0 Å². The van der Waals surface area contributed by atoms with Crippen molar-refractivity contribution in [3.05, 3.63) is 23.8 Å². The molecule has 0 aromatic heterocycles. The predicted octanol–water partition coefficient (Wildman–Crippen LogP) is 3.52. The number of carboxylic acids is 1. The molecule has 0 aromatic rings. The minimum atomic E-state index is -1.28. The van der Waals surface area contributed by atoms with E-state index in [1.165, 1.54) is 4.90 Å². The number of hydrogen-bond donors (Lipinski definition) is 1. The zero-order valence-electron chi connectivity index (χ0n) is 19.4. The van der Waals surface area contributed by atoms with E-state index in [9.17, 15) is 19.5 Å². The Labute approximate surface area is 185 Å². The molecule has 0 bridgehead atoms. The van der Waals surface area contributed by atoms with Crippen molar-refractivity contribution in [1.82, 2.24) is 4.90 Å². The van der Waals surface area contributed by atoms with Crippen LogP contribution < -0.4 is 0 Å². The number of carbonyl (C=O) groups excluding carboxylic acids is 2. The monoisotopic (exact) mass is 435 g/mol. The van der Waals surface area contributed by atoms with Crippen molar-refractivity contribution >= 4 is 17.7 Å². The summed E-state index contributed by atoms with van der Waals surface area (Å²) in [5, 5.41) is 9.49. The molecule has 0 saturated carbocycles. The van der Waals surface area contributed by atoms with Gasteiger partial charge in [0.05, 0.1) is 12.2 Å². The topological polar surface area (TPSA) is 93.1 Å². The van der Waals surface area contributed by atoms with E-state index in [1.54, 1.807) is 14.0 Å². The average molecular weight is 436 g/mol. The molecule has 7 nitrogen and oxygen atoms in total. The van der Waals surface area contributed by atoms with Crippen molar-refractivity contribution in [1.29, 1.82) is 0 Å². The number of ketones is 1. The van der Waals surface area contributed by atoms with E-state index in [-0.39, 0.29) is 24.7 Å². The van der Waals surface area contributed by atoms with Crippen molar-refractivity contribution < 1.29 is 29.0 Å². The number of hydrogen-bond acceptors (Lipinski definition) is 5. The van der Waals surface area contributed by atoms with E-state index in [4.69, 9.17) is 9.47 Å². The van der Waals surface area contributed by atoms with Gasteiger partial charge in [-0.05, 0) is 64.4 Å². The van der Waals surface area contributed by atoms with Gasteiger partial charge >= 0.3 is 5.97 Å². The molecule has 0 unspecified atom stereocenters. The van der Waals surface area contributed by atoms with Crippen LogP contribution in [0.3, 0.4) is 0 Å². The maximum atomic E-state index is 13.3. The Hall–Kier alpha value is -1.99. The highest BCUT2D eigenvalue weighted by Gasteiger charge is 2.50. The summed E-state index contributed by atoms with van der Waals surface area (Å²) < 4.78 is 11.9. The zero-order valence-corrected chi connectivity index (χ0v) is 19.4. The summed E-state index contributed by atoms with van der Waals surface area (Å²) in [5.41, 5.74) is -0.218. The summed E-state index contributed by atoms with van der Waals surface area (Å²) in [7, 11) is 1.65. The molecular weight excluding hydrogens is 398 g/mol. The highest BCUT2D eigenvalue weighted by molar-refractivity contribution is 6.39. The molecule has 0 aromatic carbocycles. The predicted molar refractivity (Wildman–Crippen MR) is 118 cm³/mol. The highest BCUT2D eigenvalue weighted by atomic mass is 16.5. The lowest BCUT2D eigenvalue weighted by Crippen LogP contribution is -2.59. The molecule has 2 fully saturated rings. The van der Waals surface area contributed by atoms with Crippen molar-refractivity contribution in [2.24, 2.45) is 5.92 Å². The van der Waals surface area contributed by atoms with Crippen molar-refractivity contribution in [3.8, 4) is 0 Å². The van der Waals surface area contributed by atoms with Crippen LogP contribution in [0.4, 0.5) is 0 Å². The summed E-state index contributed by atoms with van der Waals surface area (Å²) >= 11 is 0. The lowest BCUT2D eigenvalue weighted by molar-refractivity contribution is -0.183. The van der Waals surface area contributed by atoms with Crippen LogP contribution in [0.25, 0.3) is 0 Å². The van der Waals surface area contributed by atoms with Gasteiger partial charge in [0.2, 0.25) is 0 Å². The van der Waals surface area contributed by atoms with Crippen LogP contribution in [0.15, 0.2) is 23.8 Å². The Morgan fingerprint density at radius 2 is 1.97 bits per heavy atom. The maximum absolute atomic E-state index is 13.3. The fourth-order valence-corrected chi connectivity index (χ4v) is 4.51. The van der Waals surface area contributed by atoms with Gasteiger partial charge in [-0.2, -0.15) is 0 Å². The van der Waals surface area contributed by atoms with E-state index in [2.05, 4.69) is 0 Å². The van der Waals surface area contributed by atoms with Crippen molar-refractivity contribution in [2.75, 3.05) is 13.7 Å². The number of carboxylic acid groups (broad SMARTS) is 1. The van der Waals surface area contributed by atoms with Gasteiger partial charge in [-0.3, -0.25) is 9.59 Å². The number of rotatable bonds is 8. The Morgan fingerprint density at radius 1 is 1.26 bits per heavy atom. The average Bonchev–Trinajstić information content (AvgIpc) is 2.76. The number of methoxy groups -OCH3 is 1. The summed E-state index contributed by atoms with van der Waals surface area (Å²) in [6.45, 7) is 7.82. The first-order chi connectivity index (χ1) is 14.7. The molecule has 5 atom stereocenters. The summed E-state index contributed by atoms with van der Waals surface area (Å²) in [6, 6.07) is -0.944. The zero-order chi connectivity index (χ0) is 23.2. The van der Waals surface area contributed by atoms with Crippen LogP contribution >= 0.6 is 0 Å². The van der Waals surface area contributed by atoms with Crippen molar-refractivity contribution in [2.45, 2.75) is 90.1 Å². The molecule has 7 heteroatoms. The van der Waals surface area contributed by atoms with Gasteiger partial charge in [0.1, 0.15) is 11.6 Å². The van der Waals surface area contributed by atoms with Gasteiger partial charge in [-0.25, -0.2) is 4.79 Å². The first kappa shape index (κ1) is 25.3. The minimum absolute atomic E-state index is 0.145. The van der Waals surface area contributed by atoms with Gasteiger partial charge in [-0.15, -0.1) is 0 Å². The highest BCUT2D eigenvalue weighted by Crippen LogP contribution is 2.37. The molecule has 31 heavy (non-hydrogen) atoms. The van der Waals surface area contributed by atoms with Gasteiger partial charge in [0.15, 0.2) is 0 Å². The van der Waals surface area contributed by atoms with Gasteiger partial charge < -0.3 is 19.5 Å². The first-order valence-corrected chi connectivity index (χ1v) is 11.2. The van der Waals surface area contributed by atoms with Gasteiger partial charge in [0.25, 0.3) is 11.7 Å². The molecule has 174 valence electrons. The van der Waals surface area contributed by atoms with Crippen LogP contribution in [0, 0.1) is 5.92 Å². The summed E-state index contributed by atoms with van der Waals surface area (Å²) in [5.74, 6) is -2.59. The number of piperidine rings is 1. The molecule has 0 spiro atoms. The molecular formula is C24H37NO6. The standard InChI is InChI=1S/C24H37NO6/c1-6-7-10-16(2)20(30-5)15-18-13-12-17(3)24(4,31-18)21(26)22(27)25-14-9-8-11-19(25)23(28)29/h6-7,10,17-20H,8-9,11-15H2,1-5H3,(H,28,29)/b7-6+,16-10+/t17-,18+,19+,20+,24-/m1/s1. The number of likely N-dealkylation sites (tertiary alicyclic amines) is 1. The Bertz CT molecular complexity index is 730. The molecule has 1 N–H and O–H groups in total. The van der Waals surface area contributed by atoms with Crippen LogP contribution in [0.5, 0.6) is 0 Å². The largest absolute Gasteiger partial charge is 0.480 e. The third-order valence-corrected chi connectivity index (χ3v) is 6.79. The number of carbonyl (C=O) groups is 3. The number of amides is 1. The Balaban J connectivity index is 2.17. The molecule has 0 aliphatic carbocycles. The summed E-state index contributed by atoms with van der Waals surface area (Å²) in [4.78, 5) is 39.2. The number of allylic oxidation sites excluding steroid dienone is 3. The van der Waals surface area contributed by atoms with E-state index < -0.39 is 29.3 Å². The fraction of sp³-hybridized carbons (Fsp3) is 0.708. The van der Waals surface area contributed by atoms with Gasteiger partial charge in [0, 0.05) is 20.1 Å². The second-order valence-electron chi connectivity index (χ2n) is 8.90. The third kappa shape index (κ3) is 5.83. The minimum Gasteiger partial charge on any atom is -0.480 e. The van der Waals surface area contributed by atoms with E-state index in [0.717, 1.165) is 24.8 Å². The maximum Gasteiger partial charge on any atom is 0.326 e. The second kappa shape index (κ2) is 11.0. The normalized spacial score (nSPS) is 30.9. The SMILES string of the molecule is C/C=C/C=C(\C)[C@H](C[C@@H]1CC[C@@H](C)[C@](C)(C(=O)C(=O)N2CCCC[C@H]2C(=O)O)O1)OC. The van der Waals surface area contributed by atoms with E-state index in [0.29, 0.717) is 19.3 Å². The van der Waals surface area contributed by atoms with E-state index >= 15 is 0 Å². The number of nitrogens with zero attached hydrogens (tertiary/aromatic N) is 1. The van der Waals surface area contributed by atoms with Crippen LogP contribution in [0.2, 0.25) is 0 Å². The number of aliphatic carboxylic acids is 1.